The molecule has 0 saturated carbocycles. The van der Waals surface area contributed by atoms with Crippen LogP contribution in [0.1, 0.15) is 37.4 Å². The zero-order valence-electron chi connectivity index (χ0n) is 12.8. The summed E-state index contributed by atoms with van der Waals surface area (Å²) in [5, 5.41) is 3.13. The molecule has 0 aromatic carbocycles. The Kier molecular flexibility index (Phi) is 4.73. The second-order valence-corrected chi connectivity index (χ2v) is 5.86. The second kappa shape index (κ2) is 6.92. The van der Waals surface area contributed by atoms with E-state index < -0.39 is 0 Å². The molecule has 118 valence electrons. The zero-order chi connectivity index (χ0) is 15.4. The summed E-state index contributed by atoms with van der Waals surface area (Å²) in [5.74, 6) is 1.08. The Morgan fingerprint density at radius 1 is 1.45 bits per heavy atom. The molecule has 1 fully saturated rings. The van der Waals surface area contributed by atoms with E-state index in [-0.39, 0.29) is 18.1 Å². The number of hydrogen-bond acceptors (Lipinski definition) is 4. The highest BCUT2D eigenvalue weighted by Crippen LogP contribution is 2.30. The molecule has 1 aliphatic heterocycles. The number of aromatic nitrogens is 1. The summed E-state index contributed by atoms with van der Waals surface area (Å²) < 4.78 is 10.9. The van der Waals surface area contributed by atoms with E-state index in [2.05, 4.69) is 22.5 Å². The standard InChI is InChI=1S/C17H22N2O3/c1-21-16-7-6-13(11-18-16)17-14(8-9-22-17)19-15(20)10-12-4-2-3-5-12/h2,4,6-7,11-12,14,17H,3,5,8-10H2,1H3,(H,19,20)/t12-,14+,17-/m1/s1. The number of rotatable bonds is 5. The topological polar surface area (TPSA) is 60.5 Å². The van der Waals surface area contributed by atoms with Crippen LogP contribution < -0.4 is 10.1 Å². The Morgan fingerprint density at radius 2 is 2.36 bits per heavy atom. The Balaban J connectivity index is 1.59. The lowest BCUT2D eigenvalue weighted by atomic mass is 10.0. The van der Waals surface area contributed by atoms with Crippen molar-refractivity contribution in [2.75, 3.05) is 13.7 Å². The van der Waals surface area contributed by atoms with E-state index in [1.807, 2.05) is 12.1 Å². The smallest absolute Gasteiger partial charge is 0.220 e. The van der Waals surface area contributed by atoms with Crippen molar-refractivity contribution in [3.05, 3.63) is 36.0 Å². The number of hydrogen-bond donors (Lipinski definition) is 1. The van der Waals surface area contributed by atoms with Crippen LogP contribution in [0.5, 0.6) is 5.88 Å². The predicted octanol–water partition coefficient (Wildman–Crippen LogP) is 2.39. The van der Waals surface area contributed by atoms with Crippen LogP contribution in [-0.2, 0) is 9.53 Å². The minimum absolute atomic E-state index is 0.0214. The zero-order valence-corrected chi connectivity index (χ0v) is 12.8. The van der Waals surface area contributed by atoms with Gasteiger partial charge in [0.2, 0.25) is 11.8 Å². The second-order valence-electron chi connectivity index (χ2n) is 5.86. The van der Waals surface area contributed by atoms with Crippen molar-refractivity contribution in [1.82, 2.24) is 10.3 Å². The lowest BCUT2D eigenvalue weighted by molar-refractivity contribution is -0.122. The first-order valence-corrected chi connectivity index (χ1v) is 7.84. The van der Waals surface area contributed by atoms with Gasteiger partial charge in [-0.05, 0) is 31.2 Å². The molecule has 2 aliphatic rings. The molecule has 1 aromatic heterocycles. The summed E-state index contributed by atoms with van der Waals surface area (Å²) in [5.41, 5.74) is 0.976. The van der Waals surface area contributed by atoms with Gasteiger partial charge in [-0.25, -0.2) is 4.98 Å². The minimum Gasteiger partial charge on any atom is -0.481 e. The largest absolute Gasteiger partial charge is 0.481 e. The number of nitrogens with zero attached hydrogens (tertiary/aromatic N) is 1. The molecule has 1 aliphatic carbocycles. The number of amides is 1. The summed E-state index contributed by atoms with van der Waals surface area (Å²) in [6.45, 7) is 0.658. The SMILES string of the molecule is COc1ccc([C@H]2OCC[C@@H]2NC(=O)C[C@@H]2C=CCC2)cn1. The Bertz CT molecular complexity index is 541. The van der Waals surface area contributed by atoms with E-state index in [1.54, 1.807) is 13.3 Å². The number of nitrogens with one attached hydrogen (secondary N) is 1. The van der Waals surface area contributed by atoms with E-state index in [9.17, 15) is 4.79 Å². The van der Waals surface area contributed by atoms with Gasteiger partial charge >= 0.3 is 0 Å². The van der Waals surface area contributed by atoms with Crippen LogP contribution in [0.2, 0.25) is 0 Å². The normalized spacial score (nSPS) is 27.0. The van der Waals surface area contributed by atoms with Crippen LogP contribution in [0.3, 0.4) is 0 Å². The maximum Gasteiger partial charge on any atom is 0.220 e. The third-order valence-electron chi connectivity index (χ3n) is 4.29. The van der Waals surface area contributed by atoms with E-state index in [0.29, 0.717) is 24.8 Å². The molecule has 3 atom stereocenters. The average Bonchev–Trinajstić information content (AvgIpc) is 3.19. The molecular formula is C17H22N2O3. The average molecular weight is 302 g/mol. The third-order valence-corrected chi connectivity index (χ3v) is 4.29. The summed E-state index contributed by atoms with van der Waals surface area (Å²) in [6, 6.07) is 3.79. The molecule has 0 radical (unpaired) electrons. The first kappa shape index (κ1) is 15.0. The number of pyridine rings is 1. The van der Waals surface area contributed by atoms with Gasteiger partial charge in [0.1, 0.15) is 6.10 Å². The van der Waals surface area contributed by atoms with Crippen molar-refractivity contribution in [1.29, 1.82) is 0 Å². The third kappa shape index (κ3) is 3.47. The predicted molar refractivity (Wildman–Crippen MR) is 82.5 cm³/mol. The summed E-state index contributed by atoms with van der Waals surface area (Å²) in [7, 11) is 1.59. The van der Waals surface area contributed by atoms with E-state index >= 15 is 0 Å². The fraction of sp³-hybridized carbons (Fsp3) is 0.529. The van der Waals surface area contributed by atoms with Gasteiger partial charge in [-0.3, -0.25) is 4.79 Å². The molecule has 2 heterocycles. The van der Waals surface area contributed by atoms with Gasteiger partial charge in [0.15, 0.2) is 0 Å². The van der Waals surface area contributed by atoms with Crippen LogP contribution >= 0.6 is 0 Å². The Hall–Kier alpha value is -1.88. The van der Waals surface area contributed by atoms with Gasteiger partial charge < -0.3 is 14.8 Å². The molecule has 1 aromatic rings. The van der Waals surface area contributed by atoms with Gasteiger partial charge in [-0.15, -0.1) is 0 Å². The maximum atomic E-state index is 12.2. The highest BCUT2D eigenvalue weighted by atomic mass is 16.5. The molecule has 1 N–H and O–H groups in total. The first-order chi connectivity index (χ1) is 10.8. The number of ether oxygens (including phenoxy) is 2. The molecule has 1 saturated heterocycles. The summed E-state index contributed by atoms with van der Waals surface area (Å²) in [4.78, 5) is 16.4. The molecule has 0 unspecified atom stereocenters. The maximum absolute atomic E-state index is 12.2. The van der Waals surface area contributed by atoms with Crippen LogP contribution in [0, 0.1) is 5.92 Å². The van der Waals surface area contributed by atoms with E-state index in [0.717, 1.165) is 24.8 Å². The van der Waals surface area contributed by atoms with Crippen molar-refractivity contribution < 1.29 is 14.3 Å². The summed E-state index contributed by atoms with van der Waals surface area (Å²) in [6.07, 6.45) is 9.52. The van der Waals surface area contributed by atoms with Gasteiger partial charge in [-0.2, -0.15) is 0 Å². The van der Waals surface area contributed by atoms with Crippen LogP contribution in [0.4, 0.5) is 0 Å². The first-order valence-electron chi connectivity index (χ1n) is 7.84. The van der Waals surface area contributed by atoms with E-state index in [1.165, 1.54) is 0 Å². The number of methoxy groups -OCH3 is 1. The van der Waals surface area contributed by atoms with E-state index in [4.69, 9.17) is 9.47 Å². The quantitative estimate of drug-likeness (QED) is 0.848. The lowest BCUT2D eigenvalue weighted by Gasteiger charge is -2.21. The van der Waals surface area contributed by atoms with Crippen molar-refractivity contribution in [3.8, 4) is 5.88 Å². The molecule has 22 heavy (non-hydrogen) atoms. The van der Waals surface area contributed by atoms with Crippen LogP contribution in [0.15, 0.2) is 30.5 Å². The van der Waals surface area contributed by atoms with Gasteiger partial charge in [0.25, 0.3) is 0 Å². The lowest BCUT2D eigenvalue weighted by Crippen LogP contribution is -2.37. The fourth-order valence-corrected chi connectivity index (χ4v) is 3.12. The Morgan fingerprint density at radius 3 is 3.05 bits per heavy atom. The molecule has 0 bridgehead atoms. The molecule has 1 amide bonds. The van der Waals surface area contributed by atoms with Gasteiger partial charge in [0, 0.05) is 30.9 Å². The highest BCUT2D eigenvalue weighted by molar-refractivity contribution is 5.77. The van der Waals surface area contributed by atoms with Crippen molar-refractivity contribution >= 4 is 5.91 Å². The summed E-state index contributed by atoms with van der Waals surface area (Å²) >= 11 is 0. The van der Waals surface area contributed by atoms with Gasteiger partial charge in [-0.1, -0.05) is 12.2 Å². The molecule has 5 heteroatoms. The molecule has 0 spiro atoms. The molecule has 5 nitrogen and oxygen atoms in total. The van der Waals surface area contributed by atoms with Crippen molar-refractivity contribution in [2.45, 2.75) is 37.8 Å². The number of allylic oxidation sites excluding steroid dienone is 2. The molecule has 3 rings (SSSR count). The van der Waals surface area contributed by atoms with Crippen molar-refractivity contribution in [2.24, 2.45) is 5.92 Å². The van der Waals surface area contributed by atoms with Crippen LogP contribution in [0.25, 0.3) is 0 Å². The Labute approximate surface area is 130 Å². The molecular weight excluding hydrogens is 280 g/mol. The highest BCUT2D eigenvalue weighted by Gasteiger charge is 2.31. The fourth-order valence-electron chi connectivity index (χ4n) is 3.12. The minimum atomic E-state index is -0.124. The number of carbonyl (C=O) groups is 1. The van der Waals surface area contributed by atoms with Gasteiger partial charge in [0.05, 0.1) is 13.2 Å². The number of carbonyl (C=O) groups excluding carboxylic acids is 1. The van der Waals surface area contributed by atoms with Crippen molar-refractivity contribution in [3.63, 3.8) is 0 Å². The van der Waals surface area contributed by atoms with Crippen LogP contribution in [-0.4, -0.2) is 30.6 Å². The monoisotopic (exact) mass is 302 g/mol.